The molecule has 0 aliphatic carbocycles. The summed E-state index contributed by atoms with van der Waals surface area (Å²) in [4.78, 5) is 0. The lowest BCUT2D eigenvalue weighted by Gasteiger charge is -2.23. The van der Waals surface area contributed by atoms with Crippen molar-refractivity contribution >= 4 is 39.7 Å². The Kier molecular flexibility index (Phi) is 8.70. The topological polar surface area (TPSA) is 0 Å². The zero-order valence-electron chi connectivity index (χ0n) is 17.6. The molecule has 0 aromatic heterocycles. The second-order valence-electron chi connectivity index (χ2n) is 7.72. The first-order valence-electron chi connectivity index (χ1n) is 11.0. The van der Waals surface area contributed by atoms with Gasteiger partial charge in [-0.2, -0.15) is 0 Å². The van der Waals surface area contributed by atoms with Crippen molar-refractivity contribution in [1.82, 2.24) is 0 Å². The average molecular weight is 448 g/mol. The van der Waals surface area contributed by atoms with Crippen LogP contribution in [0.1, 0.15) is 12.8 Å². The molecule has 0 fully saturated rings. The van der Waals surface area contributed by atoms with Crippen LogP contribution in [-0.4, -0.2) is 30.8 Å². The lowest BCUT2D eigenvalue weighted by Crippen LogP contribution is -2.11. The van der Waals surface area contributed by atoms with Gasteiger partial charge in [-0.3, -0.25) is 0 Å². The Morgan fingerprint density at radius 2 is 0.933 bits per heavy atom. The van der Waals surface area contributed by atoms with Crippen LogP contribution < -0.4 is 15.9 Å². The van der Waals surface area contributed by atoms with Gasteiger partial charge in [0, 0.05) is 0 Å². The fourth-order valence-electron chi connectivity index (χ4n) is 4.07. The van der Waals surface area contributed by atoms with E-state index in [2.05, 4.69) is 103 Å². The van der Waals surface area contributed by atoms with Gasteiger partial charge in [-0.25, -0.2) is 0 Å². The molecular formula is C27H31P3. The zero-order chi connectivity index (χ0) is 20.4. The van der Waals surface area contributed by atoms with Crippen LogP contribution in [0, 0.1) is 0 Å². The number of rotatable bonds is 3. The summed E-state index contributed by atoms with van der Waals surface area (Å²) in [6.45, 7) is 0. The van der Waals surface area contributed by atoms with Crippen LogP contribution in [0.4, 0.5) is 0 Å². The molecule has 0 saturated carbocycles. The first-order valence-corrected chi connectivity index (χ1v) is 16.0. The van der Waals surface area contributed by atoms with E-state index in [1.54, 1.807) is 10.6 Å². The summed E-state index contributed by atoms with van der Waals surface area (Å²) < 4.78 is 0. The molecule has 3 atom stereocenters. The highest BCUT2D eigenvalue weighted by atomic mass is 31.1. The molecule has 3 aromatic carbocycles. The van der Waals surface area contributed by atoms with E-state index in [-0.39, 0.29) is 23.8 Å². The molecule has 0 spiro atoms. The first kappa shape index (κ1) is 21.9. The minimum Gasteiger partial charge on any atom is -0.0791 e. The van der Waals surface area contributed by atoms with E-state index in [0.717, 1.165) is 0 Å². The second-order valence-corrected chi connectivity index (χ2v) is 14.8. The highest BCUT2D eigenvalue weighted by molar-refractivity contribution is 7.69. The Bertz CT molecular complexity index is 893. The molecule has 3 aromatic rings. The summed E-state index contributed by atoms with van der Waals surface area (Å²) in [5.41, 5.74) is 0. The van der Waals surface area contributed by atoms with Gasteiger partial charge in [0.15, 0.2) is 0 Å². The highest BCUT2D eigenvalue weighted by Crippen LogP contribution is 2.45. The molecule has 4 rings (SSSR count). The van der Waals surface area contributed by atoms with E-state index in [4.69, 9.17) is 0 Å². The van der Waals surface area contributed by atoms with Crippen molar-refractivity contribution < 1.29 is 0 Å². The van der Waals surface area contributed by atoms with Crippen molar-refractivity contribution in [2.45, 2.75) is 12.8 Å². The molecule has 0 amide bonds. The lowest BCUT2D eigenvalue weighted by atomic mass is 10.4. The minimum absolute atomic E-state index is 0.0392. The van der Waals surface area contributed by atoms with Crippen LogP contribution in [0.25, 0.3) is 0 Å². The molecule has 30 heavy (non-hydrogen) atoms. The van der Waals surface area contributed by atoms with Crippen molar-refractivity contribution in [3.8, 4) is 0 Å². The maximum absolute atomic E-state index is 2.58. The van der Waals surface area contributed by atoms with Gasteiger partial charge in [-0.05, 0) is 59.6 Å². The molecule has 154 valence electrons. The number of allylic oxidation sites excluding steroid dienone is 1. The van der Waals surface area contributed by atoms with Gasteiger partial charge in [0.1, 0.15) is 0 Å². The largest absolute Gasteiger partial charge is 0.0791 e. The van der Waals surface area contributed by atoms with Gasteiger partial charge in [-0.1, -0.05) is 127 Å². The van der Waals surface area contributed by atoms with Crippen molar-refractivity contribution in [1.29, 1.82) is 0 Å². The third kappa shape index (κ3) is 6.34. The molecule has 0 nitrogen and oxygen atoms in total. The summed E-state index contributed by atoms with van der Waals surface area (Å²) in [6.07, 6.45) is 11.9. The fourth-order valence-corrected chi connectivity index (χ4v) is 11.3. The number of hydrogen-bond donors (Lipinski definition) is 0. The Morgan fingerprint density at radius 1 is 0.467 bits per heavy atom. The molecule has 1 aliphatic rings. The first-order chi connectivity index (χ1) is 14.9. The van der Waals surface area contributed by atoms with Gasteiger partial charge in [0.2, 0.25) is 0 Å². The fraction of sp³-hybridized carbons (Fsp3) is 0.259. The normalized spacial score (nSPS) is 24.3. The predicted molar refractivity (Wildman–Crippen MR) is 142 cm³/mol. The molecule has 0 radical (unpaired) electrons. The third-order valence-electron chi connectivity index (χ3n) is 5.62. The van der Waals surface area contributed by atoms with Crippen molar-refractivity contribution in [3.05, 3.63) is 103 Å². The highest BCUT2D eigenvalue weighted by Gasteiger charge is 2.16. The van der Waals surface area contributed by atoms with Crippen LogP contribution in [0.15, 0.2) is 103 Å². The minimum atomic E-state index is -0.196. The Labute approximate surface area is 186 Å². The number of hydrogen-bond acceptors (Lipinski definition) is 0. The third-order valence-corrected chi connectivity index (χ3v) is 13.2. The summed E-state index contributed by atoms with van der Waals surface area (Å²) in [6, 6.07) is 33.9. The Hall–Kier alpha value is -1.31. The van der Waals surface area contributed by atoms with Crippen LogP contribution in [0.2, 0.25) is 0 Å². The maximum atomic E-state index is 2.58. The Morgan fingerprint density at radius 3 is 1.53 bits per heavy atom. The molecule has 0 bridgehead atoms. The molecule has 1 heterocycles. The summed E-state index contributed by atoms with van der Waals surface area (Å²) >= 11 is 0. The summed E-state index contributed by atoms with van der Waals surface area (Å²) in [7, 11) is -0.337. The van der Waals surface area contributed by atoms with Gasteiger partial charge in [0.25, 0.3) is 0 Å². The van der Waals surface area contributed by atoms with Gasteiger partial charge in [0.05, 0.1) is 0 Å². The molecule has 1 aliphatic heterocycles. The summed E-state index contributed by atoms with van der Waals surface area (Å²) in [5, 5.41) is 4.71. The average Bonchev–Trinajstić information content (AvgIpc) is 2.81. The summed E-state index contributed by atoms with van der Waals surface area (Å²) in [5.74, 6) is 2.58. The molecule has 0 N–H and O–H groups in total. The standard InChI is InChI=1S/C27H31P3/c1-4-13-25(14-5-1)28-19-10-21-29(26-15-6-2-7-16-26)23-12-24-30(22-11-20-28)27-17-8-3-9-18-27/h1-10,13-19H,11-12,20-24H2/b19-10-. The van der Waals surface area contributed by atoms with Gasteiger partial charge in [-0.15, -0.1) is 0 Å². The van der Waals surface area contributed by atoms with E-state index in [9.17, 15) is 0 Å². The van der Waals surface area contributed by atoms with Gasteiger partial charge < -0.3 is 0 Å². The molecule has 0 saturated heterocycles. The quantitative estimate of drug-likeness (QED) is 0.391. The van der Waals surface area contributed by atoms with E-state index < -0.39 is 0 Å². The lowest BCUT2D eigenvalue weighted by molar-refractivity contribution is 1.07. The van der Waals surface area contributed by atoms with Gasteiger partial charge >= 0.3 is 0 Å². The van der Waals surface area contributed by atoms with Crippen LogP contribution in [0.3, 0.4) is 0 Å². The predicted octanol–water partition coefficient (Wildman–Crippen LogP) is 6.72. The van der Waals surface area contributed by atoms with Crippen molar-refractivity contribution in [2.24, 2.45) is 0 Å². The number of benzene rings is 3. The van der Waals surface area contributed by atoms with Crippen molar-refractivity contribution in [2.75, 3.05) is 30.8 Å². The SMILES string of the molecule is C1=C\P(c2ccccc2)CCCP(c2ccccc2)CCCP(c2ccccc2)C/1. The van der Waals surface area contributed by atoms with E-state index in [0.29, 0.717) is 0 Å². The maximum Gasteiger partial charge on any atom is -0.0101 e. The smallest absolute Gasteiger partial charge is 0.0101 e. The van der Waals surface area contributed by atoms with E-state index >= 15 is 0 Å². The molecule has 3 heteroatoms. The Balaban J connectivity index is 1.57. The van der Waals surface area contributed by atoms with E-state index in [1.165, 1.54) is 49.0 Å². The van der Waals surface area contributed by atoms with Crippen LogP contribution in [0.5, 0.6) is 0 Å². The monoisotopic (exact) mass is 448 g/mol. The molecule has 3 unspecified atom stereocenters. The van der Waals surface area contributed by atoms with Crippen LogP contribution >= 0.6 is 23.8 Å². The second kappa shape index (κ2) is 11.9. The van der Waals surface area contributed by atoms with Crippen LogP contribution in [-0.2, 0) is 0 Å². The van der Waals surface area contributed by atoms with Crippen molar-refractivity contribution in [3.63, 3.8) is 0 Å². The molecular weight excluding hydrogens is 417 g/mol. The van der Waals surface area contributed by atoms with E-state index in [1.807, 2.05) is 0 Å². The zero-order valence-corrected chi connectivity index (χ0v) is 20.3.